The molecule has 18 heavy (non-hydrogen) atoms. The molecule has 6 heteroatoms. The predicted molar refractivity (Wildman–Crippen MR) is 62.6 cm³/mol. The second-order valence-corrected chi connectivity index (χ2v) is 3.73. The first-order valence-electron chi connectivity index (χ1n) is 5.06. The van der Waals surface area contributed by atoms with Gasteiger partial charge in [-0.3, -0.25) is 4.79 Å². The Labute approximate surface area is 101 Å². The van der Waals surface area contributed by atoms with Crippen LogP contribution in [-0.2, 0) is 9.59 Å². The topological polar surface area (TPSA) is 96.5 Å². The summed E-state index contributed by atoms with van der Waals surface area (Å²) in [6.07, 6.45) is 0. The molecule has 0 unspecified atom stereocenters. The predicted octanol–water partition coefficient (Wildman–Crippen LogP) is 0.827. The number of aliphatic carboxylic acids is 1. The number of pyridine rings is 1. The molecule has 0 spiro atoms. The van der Waals surface area contributed by atoms with Crippen molar-refractivity contribution in [2.75, 3.05) is 0 Å². The molecule has 2 aromatic rings. The second kappa shape index (κ2) is 4.33. The molecule has 0 aliphatic heterocycles. The Morgan fingerprint density at radius 3 is 2.67 bits per heavy atom. The fourth-order valence-electron chi connectivity index (χ4n) is 1.50. The van der Waals surface area contributed by atoms with Crippen LogP contribution in [0, 0.1) is 6.92 Å². The first-order chi connectivity index (χ1) is 8.47. The number of benzene rings is 1. The molecule has 1 aromatic carbocycles. The number of rotatable bonds is 1. The molecule has 0 amide bonds. The summed E-state index contributed by atoms with van der Waals surface area (Å²) in [7, 11) is 0. The molecule has 2 rings (SSSR count). The van der Waals surface area contributed by atoms with E-state index in [0.717, 1.165) is 5.39 Å². The number of esters is 1. The number of carbonyl (C=O) groups is 2. The van der Waals surface area contributed by atoms with Gasteiger partial charge in [-0.05, 0) is 30.5 Å². The van der Waals surface area contributed by atoms with Crippen molar-refractivity contribution in [3.8, 4) is 5.75 Å². The maximum Gasteiger partial charge on any atom is 0.422 e. The fourth-order valence-corrected chi connectivity index (χ4v) is 1.50. The Morgan fingerprint density at radius 2 is 2.00 bits per heavy atom. The van der Waals surface area contributed by atoms with Crippen LogP contribution in [0.25, 0.3) is 10.9 Å². The summed E-state index contributed by atoms with van der Waals surface area (Å²) in [5.74, 6) is -2.98. The number of carboxylic acids is 1. The lowest BCUT2D eigenvalue weighted by Gasteiger charge is -2.03. The molecule has 0 saturated heterocycles. The van der Waals surface area contributed by atoms with Crippen LogP contribution in [0.5, 0.6) is 5.75 Å². The third kappa shape index (κ3) is 2.22. The highest BCUT2D eigenvalue weighted by molar-refractivity contribution is 6.29. The Hall–Kier alpha value is -2.63. The first-order valence-corrected chi connectivity index (χ1v) is 5.06. The van der Waals surface area contributed by atoms with Crippen molar-refractivity contribution in [3.05, 3.63) is 40.2 Å². The van der Waals surface area contributed by atoms with Crippen LogP contribution in [0.4, 0.5) is 0 Å². The van der Waals surface area contributed by atoms with Gasteiger partial charge in [-0.1, -0.05) is 0 Å². The van der Waals surface area contributed by atoms with Crippen LogP contribution in [0.2, 0.25) is 0 Å². The highest BCUT2D eigenvalue weighted by atomic mass is 16.6. The van der Waals surface area contributed by atoms with Gasteiger partial charge < -0.3 is 14.8 Å². The lowest BCUT2D eigenvalue weighted by Crippen LogP contribution is -2.19. The van der Waals surface area contributed by atoms with Crippen molar-refractivity contribution in [2.45, 2.75) is 6.92 Å². The number of nitrogens with one attached hydrogen (secondary N) is 1. The van der Waals surface area contributed by atoms with Crippen LogP contribution < -0.4 is 10.3 Å². The number of H-pyrrole nitrogens is 1. The summed E-state index contributed by atoms with van der Waals surface area (Å²) in [5.41, 5.74) is 0.795. The van der Waals surface area contributed by atoms with E-state index in [2.05, 4.69) is 9.72 Å². The lowest BCUT2D eigenvalue weighted by molar-refractivity contribution is -0.158. The van der Waals surface area contributed by atoms with Gasteiger partial charge in [-0.25, -0.2) is 9.59 Å². The number of aromatic amines is 1. The summed E-state index contributed by atoms with van der Waals surface area (Å²) in [6.45, 7) is 1.68. The van der Waals surface area contributed by atoms with Gasteiger partial charge >= 0.3 is 11.9 Å². The summed E-state index contributed by atoms with van der Waals surface area (Å²) < 4.78 is 4.59. The van der Waals surface area contributed by atoms with Crippen LogP contribution in [-0.4, -0.2) is 22.0 Å². The van der Waals surface area contributed by atoms with Gasteiger partial charge in [-0.2, -0.15) is 0 Å². The van der Waals surface area contributed by atoms with Gasteiger partial charge in [0.1, 0.15) is 5.75 Å². The molecule has 0 aliphatic rings. The molecule has 0 atom stereocenters. The minimum atomic E-state index is -1.67. The molecular formula is C12H9NO5. The molecule has 6 nitrogen and oxygen atoms in total. The zero-order valence-corrected chi connectivity index (χ0v) is 9.39. The normalized spacial score (nSPS) is 10.3. The average molecular weight is 247 g/mol. The standard InChI is InChI=1S/C12H9NO5/c1-6-4-7-2-3-8(18-12(17)11(15)16)5-9(7)13-10(6)14/h2-5H,1H3,(H,13,14)(H,15,16). The van der Waals surface area contributed by atoms with E-state index in [1.165, 1.54) is 12.1 Å². The largest absolute Gasteiger partial charge is 0.473 e. The Balaban J connectivity index is 2.44. The van der Waals surface area contributed by atoms with Crippen molar-refractivity contribution in [2.24, 2.45) is 0 Å². The van der Waals surface area contributed by atoms with E-state index in [1.54, 1.807) is 19.1 Å². The molecular weight excluding hydrogens is 238 g/mol. The Morgan fingerprint density at radius 1 is 1.28 bits per heavy atom. The number of carboxylic acid groups (broad SMARTS) is 1. The molecule has 0 saturated carbocycles. The van der Waals surface area contributed by atoms with Crippen LogP contribution >= 0.6 is 0 Å². The monoisotopic (exact) mass is 247 g/mol. The summed E-state index contributed by atoms with van der Waals surface area (Å²) in [6, 6.07) is 6.18. The SMILES string of the molecule is Cc1cc2ccc(OC(=O)C(=O)O)cc2[nH]c1=O. The summed E-state index contributed by atoms with van der Waals surface area (Å²) in [5, 5.41) is 9.17. The minimum Gasteiger partial charge on any atom is -0.473 e. The van der Waals surface area contributed by atoms with E-state index in [-0.39, 0.29) is 11.3 Å². The smallest absolute Gasteiger partial charge is 0.422 e. The van der Waals surface area contributed by atoms with Gasteiger partial charge in [0.15, 0.2) is 0 Å². The summed E-state index contributed by atoms with van der Waals surface area (Å²) in [4.78, 5) is 35.2. The number of hydrogen-bond donors (Lipinski definition) is 2. The van der Waals surface area contributed by atoms with Gasteiger partial charge in [0.2, 0.25) is 0 Å². The molecule has 0 fully saturated rings. The number of ether oxygens (including phenoxy) is 1. The van der Waals surface area contributed by atoms with Gasteiger partial charge in [-0.15, -0.1) is 0 Å². The van der Waals surface area contributed by atoms with Gasteiger partial charge in [0.25, 0.3) is 5.56 Å². The number of aryl methyl sites for hydroxylation is 1. The van der Waals surface area contributed by atoms with Gasteiger partial charge in [0.05, 0.1) is 5.52 Å². The van der Waals surface area contributed by atoms with Crippen LogP contribution in [0.1, 0.15) is 5.56 Å². The molecule has 0 radical (unpaired) electrons. The third-order valence-corrected chi connectivity index (χ3v) is 2.39. The lowest BCUT2D eigenvalue weighted by atomic mass is 10.1. The number of fused-ring (bicyclic) bond motifs is 1. The molecule has 0 aliphatic carbocycles. The van der Waals surface area contributed by atoms with Crippen molar-refractivity contribution in [3.63, 3.8) is 0 Å². The van der Waals surface area contributed by atoms with Crippen molar-refractivity contribution >= 4 is 22.8 Å². The maximum absolute atomic E-state index is 11.4. The van der Waals surface area contributed by atoms with E-state index < -0.39 is 11.9 Å². The highest BCUT2D eigenvalue weighted by Gasteiger charge is 2.14. The first kappa shape index (κ1) is 11.8. The molecule has 1 heterocycles. The molecule has 2 N–H and O–H groups in total. The van der Waals surface area contributed by atoms with Gasteiger partial charge in [0, 0.05) is 11.6 Å². The zero-order valence-electron chi connectivity index (χ0n) is 9.39. The quantitative estimate of drug-likeness (QED) is 0.442. The van der Waals surface area contributed by atoms with E-state index in [4.69, 9.17) is 5.11 Å². The molecule has 0 bridgehead atoms. The van der Waals surface area contributed by atoms with E-state index in [9.17, 15) is 14.4 Å². The Bertz CT molecular complexity index is 701. The van der Waals surface area contributed by atoms with Crippen molar-refractivity contribution in [1.82, 2.24) is 4.98 Å². The van der Waals surface area contributed by atoms with Crippen LogP contribution in [0.3, 0.4) is 0 Å². The number of carbonyl (C=O) groups excluding carboxylic acids is 1. The third-order valence-electron chi connectivity index (χ3n) is 2.39. The fraction of sp³-hybridized carbons (Fsp3) is 0.0833. The number of aromatic nitrogens is 1. The van der Waals surface area contributed by atoms with Crippen LogP contribution in [0.15, 0.2) is 29.1 Å². The Kier molecular flexibility index (Phi) is 2.85. The number of hydrogen-bond acceptors (Lipinski definition) is 4. The van der Waals surface area contributed by atoms with E-state index in [1.807, 2.05) is 0 Å². The maximum atomic E-state index is 11.4. The van der Waals surface area contributed by atoms with Crippen molar-refractivity contribution < 1.29 is 19.4 Å². The minimum absolute atomic E-state index is 0.0643. The van der Waals surface area contributed by atoms with E-state index in [0.29, 0.717) is 11.1 Å². The highest BCUT2D eigenvalue weighted by Crippen LogP contribution is 2.18. The van der Waals surface area contributed by atoms with E-state index >= 15 is 0 Å². The van der Waals surface area contributed by atoms with Crippen molar-refractivity contribution in [1.29, 1.82) is 0 Å². The molecule has 1 aromatic heterocycles. The molecule has 92 valence electrons. The summed E-state index contributed by atoms with van der Waals surface area (Å²) >= 11 is 0. The second-order valence-electron chi connectivity index (χ2n) is 3.73. The zero-order chi connectivity index (χ0) is 13.3. The average Bonchev–Trinajstić information content (AvgIpc) is 2.31.